The lowest BCUT2D eigenvalue weighted by molar-refractivity contribution is 0.260. The molecule has 0 amide bonds. The highest BCUT2D eigenvalue weighted by molar-refractivity contribution is 5.55. The molecule has 1 aliphatic rings. The van der Waals surface area contributed by atoms with Crippen molar-refractivity contribution in [2.75, 3.05) is 11.5 Å². The first kappa shape index (κ1) is 27.6. The van der Waals surface area contributed by atoms with Gasteiger partial charge in [0.25, 0.3) is 0 Å². The molecule has 0 aliphatic heterocycles. The molecule has 0 bridgehead atoms. The molecule has 208 valence electrons. The Hall–Kier alpha value is -3.92. The van der Waals surface area contributed by atoms with Gasteiger partial charge in [0.05, 0.1) is 0 Å². The van der Waals surface area contributed by atoms with Crippen LogP contribution in [0.25, 0.3) is 0 Å². The molecular weight excluding hydrogens is 492 g/mol. The van der Waals surface area contributed by atoms with Crippen LogP contribution >= 0.6 is 0 Å². The third-order valence-electron chi connectivity index (χ3n) is 8.72. The Morgan fingerprint density at radius 1 is 0.650 bits per heavy atom. The van der Waals surface area contributed by atoms with Crippen LogP contribution in [-0.2, 0) is 5.41 Å². The van der Waals surface area contributed by atoms with Crippen LogP contribution in [0.1, 0.15) is 72.4 Å². The van der Waals surface area contributed by atoms with Crippen LogP contribution in [0.5, 0.6) is 23.0 Å². The predicted octanol–water partition coefficient (Wildman–Crippen LogP) is 9.56. The summed E-state index contributed by atoms with van der Waals surface area (Å²) in [7, 11) is 0. The van der Waals surface area contributed by atoms with E-state index in [4.69, 9.17) is 20.9 Å². The van der Waals surface area contributed by atoms with Gasteiger partial charge in [-0.25, -0.2) is 0 Å². The molecule has 0 atom stereocenters. The molecule has 1 saturated carbocycles. The van der Waals surface area contributed by atoms with Crippen LogP contribution in [0.3, 0.4) is 0 Å². The highest BCUT2D eigenvalue weighted by Gasteiger charge is 2.39. The summed E-state index contributed by atoms with van der Waals surface area (Å²) in [6, 6.07) is 24.7. The van der Waals surface area contributed by atoms with Crippen molar-refractivity contribution in [3.8, 4) is 23.0 Å². The molecule has 0 heterocycles. The van der Waals surface area contributed by atoms with Crippen LogP contribution in [-0.4, -0.2) is 0 Å². The quantitative estimate of drug-likeness (QED) is 0.232. The van der Waals surface area contributed by atoms with Crippen LogP contribution in [0, 0.1) is 33.6 Å². The predicted molar refractivity (Wildman–Crippen MR) is 167 cm³/mol. The highest BCUT2D eigenvalue weighted by Crippen LogP contribution is 2.50. The second kappa shape index (κ2) is 11.3. The minimum atomic E-state index is -0.0535. The molecule has 4 aromatic carbocycles. The topological polar surface area (TPSA) is 70.5 Å². The van der Waals surface area contributed by atoms with E-state index < -0.39 is 0 Å². The van der Waals surface area contributed by atoms with Gasteiger partial charge < -0.3 is 20.9 Å². The number of nitrogen functional groups attached to an aromatic ring is 2. The number of rotatable bonds is 7. The molecule has 0 unspecified atom stereocenters. The number of benzene rings is 4. The molecule has 1 fully saturated rings. The van der Waals surface area contributed by atoms with Crippen molar-refractivity contribution < 1.29 is 9.47 Å². The molecule has 4 aromatic rings. The van der Waals surface area contributed by atoms with Crippen molar-refractivity contribution in [3.05, 3.63) is 106 Å². The van der Waals surface area contributed by atoms with Crippen LogP contribution in [0.4, 0.5) is 11.4 Å². The summed E-state index contributed by atoms with van der Waals surface area (Å²) in [6.07, 6.45) is 5.97. The van der Waals surface area contributed by atoms with Gasteiger partial charge in [-0.15, -0.1) is 0 Å². The number of hydrogen-bond acceptors (Lipinski definition) is 4. The zero-order chi connectivity index (χ0) is 28.4. The summed E-state index contributed by atoms with van der Waals surface area (Å²) < 4.78 is 12.7. The average molecular weight is 535 g/mol. The largest absolute Gasteiger partial charge is 0.457 e. The van der Waals surface area contributed by atoms with E-state index in [1.54, 1.807) is 0 Å². The van der Waals surface area contributed by atoms with Gasteiger partial charge in [-0.2, -0.15) is 0 Å². The van der Waals surface area contributed by atoms with Gasteiger partial charge in [-0.05, 0) is 117 Å². The van der Waals surface area contributed by atoms with E-state index in [9.17, 15) is 0 Å². The van der Waals surface area contributed by atoms with Gasteiger partial charge in [-0.3, -0.25) is 0 Å². The summed E-state index contributed by atoms with van der Waals surface area (Å²) in [5.74, 6) is 4.13. The van der Waals surface area contributed by atoms with Crippen molar-refractivity contribution in [3.63, 3.8) is 0 Å². The van der Waals surface area contributed by atoms with Gasteiger partial charge >= 0.3 is 0 Å². The molecule has 4 nitrogen and oxygen atoms in total. The Kier molecular flexibility index (Phi) is 7.80. The third-order valence-corrected chi connectivity index (χ3v) is 8.72. The van der Waals surface area contributed by atoms with E-state index >= 15 is 0 Å². The Morgan fingerprint density at radius 3 is 1.40 bits per heavy atom. The molecule has 4 heteroatoms. The van der Waals surface area contributed by atoms with Crippen molar-refractivity contribution in [2.24, 2.45) is 5.92 Å². The molecule has 5 rings (SSSR count). The second-order valence-corrected chi connectivity index (χ2v) is 11.7. The molecule has 0 spiro atoms. The molecule has 0 saturated heterocycles. The first-order chi connectivity index (χ1) is 19.2. The fourth-order valence-corrected chi connectivity index (χ4v) is 6.49. The first-order valence-electron chi connectivity index (χ1n) is 14.5. The molecule has 1 aliphatic carbocycles. The maximum atomic E-state index is 6.35. The summed E-state index contributed by atoms with van der Waals surface area (Å²) in [6.45, 7) is 10.9. The summed E-state index contributed by atoms with van der Waals surface area (Å²) >= 11 is 0. The number of aryl methyl sites for hydroxylation is 4. The van der Waals surface area contributed by atoms with Gasteiger partial charge in [0.2, 0.25) is 0 Å². The summed E-state index contributed by atoms with van der Waals surface area (Å²) in [4.78, 5) is 0. The number of anilines is 2. The second-order valence-electron chi connectivity index (χ2n) is 11.7. The molecule has 4 N–H and O–H groups in total. The monoisotopic (exact) mass is 534 g/mol. The zero-order valence-corrected chi connectivity index (χ0v) is 24.5. The zero-order valence-electron chi connectivity index (χ0n) is 24.5. The number of nitrogens with two attached hydrogens (primary N) is 2. The molecule has 0 radical (unpaired) electrons. The fraction of sp³-hybridized carbons (Fsp3) is 0.333. The Bertz CT molecular complexity index is 1360. The van der Waals surface area contributed by atoms with Gasteiger partial charge in [0.1, 0.15) is 23.0 Å². The smallest absolute Gasteiger partial charge is 0.133 e. The Morgan fingerprint density at radius 2 is 1.05 bits per heavy atom. The normalized spacial score (nSPS) is 15.1. The lowest BCUT2D eigenvalue weighted by Gasteiger charge is -2.42. The van der Waals surface area contributed by atoms with Crippen molar-refractivity contribution in [1.82, 2.24) is 0 Å². The van der Waals surface area contributed by atoms with Crippen LogP contribution < -0.4 is 20.9 Å². The van der Waals surface area contributed by atoms with E-state index in [2.05, 4.69) is 58.9 Å². The minimum Gasteiger partial charge on any atom is -0.457 e. The van der Waals surface area contributed by atoms with E-state index in [1.807, 2.05) is 48.5 Å². The Balaban J connectivity index is 1.55. The highest BCUT2D eigenvalue weighted by atomic mass is 16.5. The van der Waals surface area contributed by atoms with E-state index in [0.717, 1.165) is 64.0 Å². The minimum absolute atomic E-state index is 0.0535. The van der Waals surface area contributed by atoms with Gasteiger partial charge in [0.15, 0.2) is 0 Å². The number of hydrogen-bond donors (Lipinski definition) is 2. The van der Waals surface area contributed by atoms with Crippen molar-refractivity contribution >= 4 is 11.4 Å². The van der Waals surface area contributed by atoms with Crippen molar-refractivity contribution in [1.29, 1.82) is 0 Å². The number of ether oxygens (including phenoxy) is 2. The van der Waals surface area contributed by atoms with Gasteiger partial charge in [-0.1, -0.05) is 49.7 Å². The van der Waals surface area contributed by atoms with E-state index in [0.29, 0.717) is 11.4 Å². The SMILES string of the molecule is CCC1CCC(c2cc(C)c(Oc3cccc(N)c3)c(C)c2)(c2cc(C)c(Oc3cccc(N)c3)c(C)c2)CC1. The summed E-state index contributed by atoms with van der Waals surface area (Å²) in [5.41, 5.74) is 20.7. The van der Waals surface area contributed by atoms with Crippen LogP contribution in [0.2, 0.25) is 0 Å². The fourth-order valence-electron chi connectivity index (χ4n) is 6.49. The standard InChI is InChI=1S/C36H42N2O2/c1-6-27-13-15-36(16-14-27,28-17-23(2)34(24(3)18-28)39-32-11-7-9-30(37)21-32)29-19-25(4)35(26(5)20-29)40-33-12-8-10-31(38)22-33/h7-12,17-22,27H,6,13-16,37-38H2,1-5H3. The first-order valence-corrected chi connectivity index (χ1v) is 14.5. The van der Waals surface area contributed by atoms with E-state index in [-0.39, 0.29) is 5.41 Å². The third kappa shape index (κ3) is 5.54. The van der Waals surface area contributed by atoms with Gasteiger partial charge in [0, 0.05) is 28.9 Å². The molecule has 0 aromatic heterocycles. The average Bonchev–Trinajstić information content (AvgIpc) is 2.92. The van der Waals surface area contributed by atoms with Crippen LogP contribution in [0.15, 0.2) is 72.8 Å². The molecular formula is C36H42N2O2. The summed E-state index contributed by atoms with van der Waals surface area (Å²) in [5, 5.41) is 0. The Labute approximate surface area is 239 Å². The maximum absolute atomic E-state index is 6.35. The van der Waals surface area contributed by atoms with E-state index in [1.165, 1.54) is 30.4 Å². The lowest BCUT2D eigenvalue weighted by Crippen LogP contribution is -2.33. The maximum Gasteiger partial charge on any atom is 0.133 e. The van der Waals surface area contributed by atoms with Crippen molar-refractivity contribution in [2.45, 2.75) is 72.1 Å². The molecule has 40 heavy (non-hydrogen) atoms. The lowest BCUT2D eigenvalue weighted by atomic mass is 9.62.